The first-order valence-electron chi connectivity index (χ1n) is 6.66. The first kappa shape index (κ1) is 15.9. The van der Waals surface area contributed by atoms with E-state index in [1.165, 1.54) is 0 Å². The summed E-state index contributed by atoms with van der Waals surface area (Å²) in [5, 5.41) is 12.6. The lowest BCUT2D eigenvalue weighted by molar-refractivity contribution is 0.135. The van der Waals surface area contributed by atoms with Gasteiger partial charge < -0.3 is 10.2 Å². The number of anilines is 1. The summed E-state index contributed by atoms with van der Waals surface area (Å²) in [5.74, 6) is 0. The number of nitriles is 1. The highest BCUT2D eigenvalue weighted by atomic mass is 35.5. The van der Waals surface area contributed by atoms with Crippen LogP contribution in [0.15, 0.2) is 18.2 Å². The van der Waals surface area contributed by atoms with E-state index in [0.717, 1.165) is 0 Å². The molecule has 0 radical (unpaired) electrons. The van der Waals surface area contributed by atoms with Gasteiger partial charge in [0.2, 0.25) is 0 Å². The Bertz CT molecular complexity index is 565. The van der Waals surface area contributed by atoms with Crippen molar-refractivity contribution < 1.29 is 4.79 Å². The van der Waals surface area contributed by atoms with Crippen molar-refractivity contribution in [2.75, 3.05) is 31.5 Å². The lowest BCUT2D eigenvalue weighted by Gasteiger charge is -2.35. The third kappa shape index (κ3) is 4.01. The van der Waals surface area contributed by atoms with E-state index in [4.69, 9.17) is 28.5 Å². The number of piperazine rings is 1. The molecule has 2 amide bonds. The summed E-state index contributed by atoms with van der Waals surface area (Å²) in [6, 6.07) is 6.89. The van der Waals surface area contributed by atoms with Crippen LogP contribution < -0.4 is 5.32 Å². The number of rotatable bonds is 2. The molecule has 1 aliphatic heterocycles. The normalized spacial score (nSPS) is 17.1. The molecule has 0 aromatic heterocycles. The van der Waals surface area contributed by atoms with Crippen LogP contribution in [0.5, 0.6) is 0 Å². The second-order valence-electron chi connectivity index (χ2n) is 4.89. The van der Waals surface area contributed by atoms with Crippen LogP contribution in [0.3, 0.4) is 0 Å². The highest BCUT2D eigenvalue weighted by Gasteiger charge is 2.23. The average molecular weight is 327 g/mol. The number of hydrogen-bond acceptors (Lipinski definition) is 3. The van der Waals surface area contributed by atoms with Gasteiger partial charge in [-0.3, -0.25) is 4.90 Å². The molecule has 0 saturated carbocycles. The fourth-order valence-corrected chi connectivity index (χ4v) is 2.47. The molecule has 21 heavy (non-hydrogen) atoms. The number of halogens is 2. The van der Waals surface area contributed by atoms with Crippen molar-refractivity contribution in [3.63, 3.8) is 0 Å². The van der Waals surface area contributed by atoms with Gasteiger partial charge in [0, 0.05) is 31.9 Å². The number of urea groups is 1. The van der Waals surface area contributed by atoms with Crippen molar-refractivity contribution in [3.05, 3.63) is 28.2 Å². The lowest BCUT2D eigenvalue weighted by atomic mass is 10.2. The van der Waals surface area contributed by atoms with Gasteiger partial charge in [0.25, 0.3) is 0 Å². The summed E-state index contributed by atoms with van der Waals surface area (Å²) in [5.41, 5.74) is 0.613. The first-order chi connectivity index (χ1) is 10.0. The van der Waals surface area contributed by atoms with E-state index in [-0.39, 0.29) is 12.1 Å². The molecule has 1 unspecified atom stereocenters. The van der Waals surface area contributed by atoms with Crippen LogP contribution in [0.1, 0.15) is 6.92 Å². The first-order valence-corrected chi connectivity index (χ1v) is 7.41. The topological polar surface area (TPSA) is 59.4 Å². The van der Waals surface area contributed by atoms with Crippen molar-refractivity contribution in [2.45, 2.75) is 13.0 Å². The maximum atomic E-state index is 12.2. The molecule has 1 saturated heterocycles. The van der Waals surface area contributed by atoms with Crippen molar-refractivity contribution in [1.29, 1.82) is 5.26 Å². The highest BCUT2D eigenvalue weighted by molar-refractivity contribution is 6.42. The Morgan fingerprint density at radius 3 is 2.52 bits per heavy atom. The summed E-state index contributed by atoms with van der Waals surface area (Å²) >= 11 is 11.8. The lowest BCUT2D eigenvalue weighted by Crippen LogP contribution is -2.52. The molecule has 1 aliphatic rings. The van der Waals surface area contributed by atoms with Gasteiger partial charge in [0.05, 0.1) is 22.2 Å². The van der Waals surface area contributed by atoms with Gasteiger partial charge in [-0.15, -0.1) is 0 Å². The zero-order chi connectivity index (χ0) is 15.4. The maximum Gasteiger partial charge on any atom is 0.321 e. The highest BCUT2D eigenvalue weighted by Crippen LogP contribution is 2.25. The van der Waals surface area contributed by atoms with Crippen molar-refractivity contribution >= 4 is 34.9 Å². The summed E-state index contributed by atoms with van der Waals surface area (Å²) in [7, 11) is 0. The molecule has 1 aromatic rings. The summed E-state index contributed by atoms with van der Waals surface area (Å²) < 4.78 is 0. The standard InChI is InChI=1S/C14H16Cl2N4O/c1-10(9-17)19-4-6-20(7-5-19)14(21)18-11-2-3-12(15)13(16)8-11/h2-3,8,10H,4-7H2,1H3,(H,18,21). The monoisotopic (exact) mass is 326 g/mol. The van der Waals surface area contributed by atoms with Crippen LogP contribution in [0.2, 0.25) is 10.0 Å². The molecule has 0 spiro atoms. The third-order valence-corrected chi connectivity index (χ3v) is 4.25. The zero-order valence-corrected chi connectivity index (χ0v) is 13.2. The average Bonchev–Trinajstić information content (AvgIpc) is 2.50. The van der Waals surface area contributed by atoms with Crippen LogP contribution in [0.4, 0.5) is 10.5 Å². The molecule has 1 N–H and O–H groups in total. The minimum absolute atomic E-state index is 0.120. The number of carbonyl (C=O) groups is 1. The van der Waals surface area contributed by atoms with Crippen LogP contribution in [-0.2, 0) is 0 Å². The molecule has 1 fully saturated rings. The Balaban J connectivity index is 1.90. The predicted molar refractivity (Wildman–Crippen MR) is 83.7 cm³/mol. The van der Waals surface area contributed by atoms with Crippen LogP contribution in [-0.4, -0.2) is 48.1 Å². The molecule has 1 heterocycles. The van der Waals surface area contributed by atoms with Crippen LogP contribution >= 0.6 is 23.2 Å². The smallest absolute Gasteiger partial charge is 0.321 e. The van der Waals surface area contributed by atoms with Gasteiger partial charge in [0.1, 0.15) is 0 Å². The molecule has 112 valence electrons. The van der Waals surface area contributed by atoms with Crippen LogP contribution in [0.25, 0.3) is 0 Å². The number of benzene rings is 1. The molecule has 1 atom stereocenters. The number of hydrogen-bond donors (Lipinski definition) is 1. The Morgan fingerprint density at radius 1 is 1.29 bits per heavy atom. The maximum absolute atomic E-state index is 12.2. The summed E-state index contributed by atoms with van der Waals surface area (Å²) in [6.45, 7) is 4.46. The molecule has 7 heteroatoms. The summed E-state index contributed by atoms with van der Waals surface area (Å²) in [4.78, 5) is 15.9. The van der Waals surface area contributed by atoms with Crippen molar-refractivity contribution in [3.8, 4) is 6.07 Å². The number of amides is 2. The number of nitrogens with zero attached hydrogens (tertiary/aromatic N) is 3. The Morgan fingerprint density at radius 2 is 1.95 bits per heavy atom. The van der Waals surface area contributed by atoms with Crippen LogP contribution in [0, 0.1) is 11.3 Å². The fraction of sp³-hybridized carbons (Fsp3) is 0.429. The zero-order valence-electron chi connectivity index (χ0n) is 11.6. The molecule has 5 nitrogen and oxygen atoms in total. The van der Waals surface area contributed by atoms with E-state index in [9.17, 15) is 4.79 Å². The van der Waals surface area contributed by atoms with Gasteiger partial charge in [-0.1, -0.05) is 23.2 Å². The minimum atomic E-state index is -0.169. The van der Waals surface area contributed by atoms with Crippen molar-refractivity contribution in [1.82, 2.24) is 9.80 Å². The number of nitrogens with one attached hydrogen (secondary N) is 1. The van der Waals surface area contributed by atoms with Gasteiger partial charge in [-0.2, -0.15) is 5.26 Å². The van der Waals surface area contributed by atoms with Gasteiger partial charge in [-0.25, -0.2) is 4.79 Å². The Labute approximate surface area is 134 Å². The number of carbonyl (C=O) groups excluding carboxylic acids is 1. The van der Waals surface area contributed by atoms with E-state index >= 15 is 0 Å². The van der Waals surface area contributed by atoms with Crippen molar-refractivity contribution in [2.24, 2.45) is 0 Å². The quantitative estimate of drug-likeness (QED) is 0.908. The van der Waals surface area contributed by atoms with E-state index < -0.39 is 0 Å². The summed E-state index contributed by atoms with van der Waals surface area (Å²) in [6.07, 6.45) is 0. The Kier molecular flexibility index (Phi) is 5.29. The van der Waals surface area contributed by atoms with E-state index in [2.05, 4.69) is 16.3 Å². The molecular weight excluding hydrogens is 311 g/mol. The minimum Gasteiger partial charge on any atom is -0.322 e. The van der Waals surface area contributed by atoms with Gasteiger partial charge in [-0.05, 0) is 25.1 Å². The molecule has 0 bridgehead atoms. The van der Waals surface area contributed by atoms with Gasteiger partial charge >= 0.3 is 6.03 Å². The second-order valence-corrected chi connectivity index (χ2v) is 5.70. The second kappa shape index (κ2) is 6.99. The third-order valence-electron chi connectivity index (χ3n) is 3.51. The van der Waals surface area contributed by atoms with E-state index in [0.29, 0.717) is 41.9 Å². The predicted octanol–water partition coefficient (Wildman–Crippen LogP) is 3.05. The molecular formula is C14H16Cl2N4O. The molecule has 2 rings (SSSR count). The van der Waals surface area contributed by atoms with E-state index in [1.54, 1.807) is 23.1 Å². The Hall–Kier alpha value is -1.48. The largest absolute Gasteiger partial charge is 0.322 e. The SMILES string of the molecule is CC(C#N)N1CCN(C(=O)Nc2ccc(Cl)c(Cl)c2)CC1. The molecule has 0 aliphatic carbocycles. The fourth-order valence-electron chi connectivity index (χ4n) is 2.17. The van der Waals surface area contributed by atoms with E-state index in [1.807, 2.05) is 6.92 Å². The van der Waals surface area contributed by atoms with Gasteiger partial charge in [0.15, 0.2) is 0 Å². The molecule has 1 aromatic carbocycles.